The number of nitrogens with zero attached hydrogens (tertiary/aromatic N) is 4. The zero-order valence-electron chi connectivity index (χ0n) is 17.1. The fraction of sp³-hybridized carbons (Fsp3) is 0.474. The van der Waals surface area contributed by atoms with Crippen LogP contribution in [0.4, 0.5) is 0 Å². The van der Waals surface area contributed by atoms with Crippen LogP contribution in [-0.2, 0) is 16.6 Å². The van der Waals surface area contributed by atoms with E-state index in [0.29, 0.717) is 38.6 Å². The highest BCUT2D eigenvalue weighted by atomic mass is 127. The third-order valence-electron chi connectivity index (χ3n) is 4.76. The number of aromatic nitrogens is 2. The van der Waals surface area contributed by atoms with E-state index in [9.17, 15) is 8.42 Å². The van der Waals surface area contributed by atoms with Crippen LogP contribution in [0.1, 0.15) is 23.4 Å². The Hall–Kier alpha value is -1.66. The summed E-state index contributed by atoms with van der Waals surface area (Å²) in [6.45, 7) is 6.17. The van der Waals surface area contributed by atoms with Gasteiger partial charge in [-0.3, -0.25) is 4.99 Å². The van der Waals surface area contributed by atoms with Gasteiger partial charge in [-0.25, -0.2) is 17.4 Å². The number of halogens is 1. The monoisotopic (exact) mass is 532 g/mol. The largest absolute Gasteiger partial charge is 0.355 e. The molecular formula is C19H29IN6O2S. The van der Waals surface area contributed by atoms with Crippen LogP contribution in [0.3, 0.4) is 0 Å². The van der Waals surface area contributed by atoms with Crippen molar-refractivity contribution in [3.8, 4) is 5.69 Å². The molecule has 0 aliphatic carbocycles. The summed E-state index contributed by atoms with van der Waals surface area (Å²) >= 11 is 0. The summed E-state index contributed by atoms with van der Waals surface area (Å²) in [7, 11) is -1.36. The second-order valence-corrected chi connectivity index (χ2v) is 8.98. The van der Waals surface area contributed by atoms with Crippen molar-refractivity contribution in [3.63, 3.8) is 0 Å². The number of hydrogen-bond donors (Lipinski definition) is 2. The minimum Gasteiger partial charge on any atom is -0.355 e. The summed E-state index contributed by atoms with van der Waals surface area (Å²) in [6, 6.07) is 10.2. The average molecular weight is 532 g/mol. The van der Waals surface area contributed by atoms with Crippen LogP contribution in [0.25, 0.3) is 5.69 Å². The van der Waals surface area contributed by atoms with Gasteiger partial charge in [0.25, 0.3) is 0 Å². The fourth-order valence-corrected chi connectivity index (χ4v) is 4.91. The quantitative estimate of drug-likeness (QED) is 0.337. The van der Waals surface area contributed by atoms with Gasteiger partial charge in [0.15, 0.2) is 5.96 Å². The van der Waals surface area contributed by atoms with Gasteiger partial charge in [0.2, 0.25) is 10.0 Å². The van der Waals surface area contributed by atoms with E-state index in [0.717, 1.165) is 22.6 Å². The molecule has 10 heteroatoms. The van der Waals surface area contributed by atoms with E-state index in [1.165, 1.54) is 4.31 Å². The molecule has 1 aromatic heterocycles. The molecule has 3 rings (SSSR count). The fourth-order valence-electron chi connectivity index (χ4n) is 3.38. The maximum absolute atomic E-state index is 11.9. The molecule has 1 fully saturated rings. The van der Waals surface area contributed by atoms with Crippen molar-refractivity contribution in [3.05, 3.63) is 47.3 Å². The Labute approximate surface area is 189 Å². The lowest BCUT2D eigenvalue weighted by atomic mass is 10.1. The number of hydrogen-bond acceptors (Lipinski definition) is 4. The van der Waals surface area contributed by atoms with Gasteiger partial charge in [0.05, 0.1) is 17.1 Å². The molecule has 2 aromatic rings. The lowest BCUT2D eigenvalue weighted by molar-refractivity contribution is 0.445. The van der Waals surface area contributed by atoms with E-state index in [2.05, 4.69) is 32.9 Å². The third kappa shape index (κ3) is 5.92. The number of rotatable bonds is 6. The Bertz CT molecular complexity index is 957. The normalized spacial score (nSPS) is 16.4. The van der Waals surface area contributed by atoms with Crippen molar-refractivity contribution < 1.29 is 8.42 Å². The molecule has 2 N–H and O–H groups in total. The Kier molecular flexibility index (Phi) is 8.46. The zero-order chi connectivity index (χ0) is 20.1. The molecule has 0 spiro atoms. The SMILES string of the molecule is CN=C(NCCN1CCCS1(=O)=O)NCc1ccccc1-n1nc(C)cc1C.I. The number of nitrogens with one attached hydrogen (secondary N) is 2. The highest BCUT2D eigenvalue weighted by Crippen LogP contribution is 2.17. The van der Waals surface area contributed by atoms with Crippen LogP contribution >= 0.6 is 24.0 Å². The Morgan fingerprint density at radius 3 is 2.62 bits per heavy atom. The number of benzene rings is 1. The number of para-hydroxylation sites is 1. The molecule has 0 radical (unpaired) electrons. The van der Waals surface area contributed by atoms with Crippen molar-refractivity contribution in [1.82, 2.24) is 24.7 Å². The molecule has 160 valence electrons. The van der Waals surface area contributed by atoms with Crippen molar-refractivity contribution in [2.24, 2.45) is 4.99 Å². The first-order chi connectivity index (χ1) is 13.4. The van der Waals surface area contributed by atoms with Gasteiger partial charge in [-0.15, -0.1) is 24.0 Å². The van der Waals surface area contributed by atoms with Crippen LogP contribution in [-0.4, -0.2) is 60.9 Å². The predicted octanol–water partition coefficient (Wildman–Crippen LogP) is 1.81. The van der Waals surface area contributed by atoms with Gasteiger partial charge in [-0.05, 0) is 38.0 Å². The Morgan fingerprint density at radius 1 is 1.24 bits per heavy atom. The maximum atomic E-state index is 11.9. The molecule has 0 saturated carbocycles. The summed E-state index contributed by atoms with van der Waals surface area (Å²) in [4.78, 5) is 4.23. The number of aliphatic imine (C=N–C) groups is 1. The van der Waals surface area contributed by atoms with Crippen molar-refractivity contribution in [1.29, 1.82) is 0 Å². The lowest BCUT2D eigenvalue weighted by Gasteiger charge is -2.17. The number of sulfonamides is 1. The zero-order valence-corrected chi connectivity index (χ0v) is 20.2. The number of guanidine groups is 1. The number of aryl methyl sites for hydroxylation is 2. The van der Waals surface area contributed by atoms with E-state index >= 15 is 0 Å². The second kappa shape index (κ2) is 10.4. The highest BCUT2D eigenvalue weighted by molar-refractivity contribution is 14.0. The summed E-state index contributed by atoms with van der Waals surface area (Å²) in [5, 5.41) is 11.1. The minimum atomic E-state index is -3.06. The van der Waals surface area contributed by atoms with Gasteiger partial charge in [-0.1, -0.05) is 18.2 Å². The van der Waals surface area contributed by atoms with Crippen molar-refractivity contribution in [2.75, 3.05) is 32.4 Å². The lowest BCUT2D eigenvalue weighted by Crippen LogP contribution is -2.41. The van der Waals surface area contributed by atoms with E-state index in [-0.39, 0.29) is 29.7 Å². The van der Waals surface area contributed by atoms with E-state index in [1.807, 2.05) is 36.7 Å². The second-order valence-electron chi connectivity index (χ2n) is 6.89. The van der Waals surface area contributed by atoms with E-state index < -0.39 is 10.0 Å². The summed E-state index contributed by atoms with van der Waals surface area (Å²) in [5.74, 6) is 0.892. The molecule has 1 aliphatic rings. The maximum Gasteiger partial charge on any atom is 0.214 e. The molecule has 0 unspecified atom stereocenters. The minimum absolute atomic E-state index is 0. The topological polar surface area (TPSA) is 91.6 Å². The van der Waals surface area contributed by atoms with Gasteiger partial charge in [0, 0.05) is 38.9 Å². The smallest absolute Gasteiger partial charge is 0.214 e. The molecular weight excluding hydrogens is 503 g/mol. The van der Waals surface area contributed by atoms with Crippen LogP contribution in [0.15, 0.2) is 35.3 Å². The Morgan fingerprint density at radius 2 is 2.00 bits per heavy atom. The van der Waals surface area contributed by atoms with E-state index in [1.54, 1.807) is 7.05 Å². The first-order valence-corrected chi connectivity index (χ1v) is 11.1. The molecule has 1 saturated heterocycles. The third-order valence-corrected chi connectivity index (χ3v) is 6.71. The molecule has 29 heavy (non-hydrogen) atoms. The van der Waals surface area contributed by atoms with Gasteiger partial charge in [-0.2, -0.15) is 5.10 Å². The first kappa shape index (κ1) is 23.6. The molecule has 8 nitrogen and oxygen atoms in total. The molecule has 1 aliphatic heterocycles. The van der Waals surface area contributed by atoms with Crippen LogP contribution < -0.4 is 10.6 Å². The van der Waals surface area contributed by atoms with Gasteiger partial charge >= 0.3 is 0 Å². The average Bonchev–Trinajstić information content (AvgIpc) is 3.18. The van der Waals surface area contributed by atoms with Crippen molar-refractivity contribution >= 4 is 40.0 Å². The highest BCUT2D eigenvalue weighted by Gasteiger charge is 2.27. The molecule has 2 heterocycles. The summed E-state index contributed by atoms with van der Waals surface area (Å²) in [5.41, 5.74) is 4.19. The van der Waals surface area contributed by atoms with Crippen molar-refractivity contribution in [2.45, 2.75) is 26.8 Å². The molecule has 0 bridgehead atoms. The van der Waals surface area contributed by atoms with Crippen LogP contribution in [0.5, 0.6) is 0 Å². The van der Waals surface area contributed by atoms with Crippen LogP contribution in [0.2, 0.25) is 0 Å². The molecule has 0 atom stereocenters. The summed E-state index contributed by atoms with van der Waals surface area (Å²) < 4.78 is 27.2. The standard InChI is InChI=1S/C19H28N6O2S.HI/c1-15-13-16(2)25(23-15)18-8-5-4-7-17(18)14-22-19(20-3)21-9-11-24-10-6-12-28(24,26)27;/h4-5,7-8,13H,6,9-12,14H2,1-3H3,(H2,20,21,22);1H. The predicted molar refractivity (Wildman–Crippen MR) is 127 cm³/mol. The Balaban J connectivity index is 0.00000300. The van der Waals surface area contributed by atoms with E-state index in [4.69, 9.17) is 0 Å². The van der Waals surface area contributed by atoms with Gasteiger partial charge < -0.3 is 10.6 Å². The van der Waals surface area contributed by atoms with Crippen LogP contribution in [0, 0.1) is 13.8 Å². The summed E-state index contributed by atoms with van der Waals surface area (Å²) in [6.07, 6.45) is 0.707. The molecule has 0 amide bonds. The van der Waals surface area contributed by atoms with Gasteiger partial charge in [0.1, 0.15) is 0 Å². The molecule has 1 aromatic carbocycles. The first-order valence-electron chi connectivity index (χ1n) is 9.44.